The molecule has 0 aromatic carbocycles. The summed E-state index contributed by atoms with van der Waals surface area (Å²) in [6.45, 7) is 5.25. The molecule has 1 atom stereocenters. The molecule has 1 aliphatic rings. The first-order chi connectivity index (χ1) is 10.1. The minimum absolute atomic E-state index is 0.228. The number of hydrogen-bond donors (Lipinski definition) is 2. The zero-order chi connectivity index (χ0) is 15.2. The molecule has 0 spiro atoms. The number of nitrogens with zero attached hydrogens (tertiary/aromatic N) is 2. The fourth-order valence-electron chi connectivity index (χ4n) is 2.88. The molecule has 0 amide bonds. The number of piperidine rings is 1. The second kappa shape index (κ2) is 7.59. The predicted octanol–water partition coefficient (Wildman–Crippen LogP) is 1.22. The molecule has 0 aliphatic carbocycles. The molecule has 6 heteroatoms. The normalized spacial score (nSPS) is 18.8. The Balaban J connectivity index is 1.83. The Morgan fingerprint density at radius 3 is 2.81 bits per heavy atom. The smallest absolute Gasteiger partial charge is 0.352 e. The number of carboxylic acids is 1. The monoisotopic (exact) mass is 296 g/mol. The van der Waals surface area contributed by atoms with Crippen molar-refractivity contribution in [2.75, 3.05) is 32.8 Å². The van der Waals surface area contributed by atoms with Crippen LogP contribution in [0.25, 0.3) is 0 Å². The third kappa shape index (κ3) is 4.30. The van der Waals surface area contributed by atoms with E-state index in [9.17, 15) is 9.90 Å². The average molecular weight is 296 g/mol. The van der Waals surface area contributed by atoms with Gasteiger partial charge in [0, 0.05) is 38.5 Å². The van der Waals surface area contributed by atoms with Gasteiger partial charge in [0.2, 0.25) is 0 Å². The standard InChI is InChI=1S/C15H24N2O4/c1-2-21-11-13(18)10-16-8-5-12(6-9-16)17-7-3-4-14(17)15(19)20/h3-4,7,12-13,18H,2,5-6,8-11H2,1H3,(H,19,20). The van der Waals surface area contributed by atoms with Crippen LogP contribution in [0.4, 0.5) is 0 Å². The summed E-state index contributed by atoms with van der Waals surface area (Å²) in [5, 5.41) is 19.0. The van der Waals surface area contributed by atoms with Gasteiger partial charge in [-0.25, -0.2) is 4.79 Å². The lowest BCUT2D eigenvalue weighted by Gasteiger charge is -2.34. The minimum Gasteiger partial charge on any atom is -0.477 e. The maximum atomic E-state index is 11.2. The van der Waals surface area contributed by atoms with E-state index in [2.05, 4.69) is 4.90 Å². The molecule has 2 heterocycles. The lowest BCUT2D eigenvalue weighted by atomic mass is 10.0. The number of hydrogen-bond acceptors (Lipinski definition) is 4. The molecule has 1 aromatic rings. The van der Waals surface area contributed by atoms with Crippen LogP contribution in [0.2, 0.25) is 0 Å². The van der Waals surface area contributed by atoms with Gasteiger partial charge in [0.15, 0.2) is 0 Å². The van der Waals surface area contributed by atoms with Gasteiger partial charge in [-0.2, -0.15) is 0 Å². The maximum Gasteiger partial charge on any atom is 0.352 e. The quantitative estimate of drug-likeness (QED) is 0.791. The van der Waals surface area contributed by atoms with Crippen molar-refractivity contribution in [2.24, 2.45) is 0 Å². The number of likely N-dealkylation sites (tertiary alicyclic amines) is 1. The summed E-state index contributed by atoms with van der Waals surface area (Å²) in [5.74, 6) is -0.880. The molecule has 1 aromatic heterocycles. The Labute approximate surface area is 124 Å². The molecule has 2 N–H and O–H groups in total. The van der Waals surface area contributed by atoms with Gasteiger partial charge in [0.25, 0.3) is 0 Å². The third-order valence-corrected chi connectivity index (χ3v) is 3.93. The Hall–Kier alpha value is -1.37. The van der Waals surface area contributed by atoms with E-state index < -0.39 is 12.1 Å². The van der Waals surface area contributed by atoms with Crippen LogP contribution < -0.4 is 0 Å². The number of aromatic nitrogens is 1. The first-order valence-electron chi connectivity index (χ1n) is 7.50. The molecule has 0 saturated carbocycles. The molecule has 118 valence electrons. The van der Waals surface area contributed by atoms with Crippen molar-refractivity contribution in [2.45, 2.75) is 31.9 Å². The Morgan fingerprint density at radius 2 is 2.19 bits per heavy atom. The number of carbonyl (C=O) groups is 1. The first-order valence-corrected chi connectivity index (χ1v) is 7.50. The second-order valence-corrected chi connectivity index (χ2v) is 5.45. The lowest BCUT2D eigenvalue weighted by Crippen LogP contribution is -2.40. The number of rotatable bonds is 7. The zero-order valence-corrected chi connectivity index (χ0v) is 12.4. The molecule has 21 heavy (non-hydrogen) atoms. The second-order valence-electron chi connectivity index (χ2n) is 5.45. The molecule has 1 unspecified atom stereocenters. The van der Waals surface area contributed by atoms with Crippen molar-refractivity contribution in [1.82, 2.24) is 9.47 Å². The average Bonchev–Trinajstić information content (AvgIpc) is 2.95. The molecule has 0 radical (unpaired) electrons. The number of ether oxygens (including phenoxy) is 1. The summed E-state index contributed by atoms with van der Waals surface area (Å²) in [6.07, 6.45) is 3.18. The molecule has 6 nitrogen and oxygen atoms in total. The highest BCUT2D eigenvalue weighted by atomic mass is 16.5. The van der Waals surface area contributed by atoms with E-state index in [-0.39, 0.29) is 6.04 Å². The number of carboxylic acid groups (broad SMARTS) is 1. The van der Waals surface area contributed by atoms with Gasteiger partial charge < -0.3 is 24.4 Å². The summed E-state index contributed by atoms with van der Waals surface area (Å²) < 4.78 is 7.07. The molecule has 1 aliphatic heterocycles. The van der Waals surface area contributed by atoms with Gasteiger partial charge in [0.05, 0.1) is 12.7 Å². The summed E-state index contributed by atoms with van der Waals surface area (Å²) >= 11 is 0. The molecule has 2 rings (SSSR count). The van der Waals surface area contributed by atoms with Gasteiger partial charge in [-0.1, -0.05) is 0 Å². The van der Waals surface area contributed by atoms with E-state index in [1.54, 1.807) is 12.1 Å². The molecule has 1 saturated heterocycles. The fourth-order valence-corrected chi connectivity index (χ4v) is 2.88. The van der Waals surface area contributed by atoms with Crippen molar-refractivity contribution in [3.05, 3.63) is 24.0 Å². The van der Waals surface area contributed by atoms with Crippen LogP contribution in [-0.2, 0) is 4.74 Å². The topological polar surface area (TPSA) is 74.9 Å². The zero-order valence-electron chi connectivity index (χ0n) is 12.4. The van der Waals surface area contributed by atoms with E-state index in [0.29, 0.717) is 25.5 Å². The van der Waals surface area contributed by atoms with Crippen molar-refractivity contribution in [3.63, 3.8) is 0 Å². The van der Waals surface area contributed by atoms with Crippen LogP contribution in [-0.4, -0.2) is 64.6 Å². The summed E-state index contributed by atoms with van der Waals surface area (Å²) in [6, 6.07) is 3.65. The van der Waals surface area contributed by atoms with Crippen LogP contribution in [0.1, 0.15) is 36.3 Å². The number of aliphatic hydroxyl groups excluding tert-OH is 1. The van der Waals surface area contributed by atoms with Crippen molar-refractivity contribution < 1.29 is 19.7 Å². The van der Waals surface area contributed by atoms with Crippen LogP contribution in [0, 0.1) is 0 Å². The Bertz CT molecular complexity index is 452. The summed E-state index contributed by atoms with van der Waals surface area (Å²) in [5.41, 5.74) is 0.352. The minimum atomic E-state index is -0.880. The highest BCUT2D eigenvalue weighted by molar-refractivity contribution is 5.85. The Morgan fingerprint density at radius 1 is 1.48 bits per heavy atom. The maximum absolute atomic E-state index is 11.2. The van der Waals surface area contributed by atoms with Gasteiger partial charge in [0.1, 0.15) is 5.69 Å². The number of aliphatic hydroxyl groups is 1. The third-order valence-electron chi connectivity index (χ3n) is 3.93. The van der Waals surface area contributed by atoms with Gasteiger partial charge in [-0.15, -0.1) is 0 Å². The van der Waals surface area contributed by atoms with Gasteiger partial charge in [-0.05, 0) is 31.9 Å². The predicted molar refractivity (Wildman–Crippen MR) is 78.6 cm³/mol. The van der Waals surface area contributed by atoms with Crippen molar-refractivity contribution >= 4 is 5.97 Å². The van der Waals surface area contributed by atoms with E-state index in [1.165, 1.54) is 0 Å². The number of aromatic carboxylic acids is 1. The molecular weight excluding hydrogens is 272 g/mol. The van der Waals surface area contributed by atoms with E-state index in [0.717, 1.165) is 25.9 Å². The summed E-state index contributed by atoms with van der Waals surface area (Å²) in [4.78, 5) is 13.4. The molecule has 1 fully saturated rings. The van der Waals surface area contributed by atoms with Gasteiger partial charge in [-0.3, -0.25) is 0 Å². The Kier molecular flexibility index (Phi) is 5.78. The van der Waals surface area contributed by atoms with E-state index >= 15 is 0 Å². The fraction of sp³-hybridized carbons (Fsp3) is 0.667. The first kappa shape index (κ1) is 16.0. The van der Waals surface area contributed by atoms with Crippen LogP contribution in [0.15, 0.2) is 18.3 Å². The largest absolute Gasteiger partial charge is 0.477 e. The highest BCUT2D eigenvalue weighted by Crippen LogP contribution is 2.24. The van der Waals surface area contributed by atoms with Crippen LogP contribution in [0.5, 0.6) is 0 Å². The van der Waals surface area contributed by atoms with Gasteiger partial charge >= 0.3 is 5.97 Å². The molecular formula is C15H24N2O4. The number of β-amino-alcohol motifs (C(OH)–C–C–N with tert-alkyl or cyclic N) is 1. The SMILES string of the molecule is CCOCC(O)CN1CCC(n2cccc2C(=O)O)CC1. The summed E-state index contributed by atoms with van der Waals surface area (Å²) in [7, 11) is 0. The van der Waals surface area contributed by atoms with Crippen LogP contribution >= 0.6 is 0 Å². The lowest BCUT2D eigenvalue weighted by molar-refractivity contribution is 0.0150. The van der Waals surface area contributed by atoms with Crippen LogP contribution in [0.3, 0.4) is 0 Å². The van der Waals surface area contributed by atoms with Crippen molar-refractivity contribution in [1.29, 1.82) is 0 Å². The van der Waals surface area contributed by atoms with Crippen molar-refractivity contribution in [3.8, 4) is 0 Å². The molecule has 0 bridgehead atoms. The van der Waals surface area contributed by atoms with E-state index in [1.807, 2.05) is 17.7 Å². The van der Waals surface area contributed by atoms with E-state index in [4.69, 9.17) is 9.84 Å². The highest BCUT2D eigenvalue weighted by Gasteiger charge is 2.24.